The van der Waals surface area contributed by atoms with Crippen LogP contribution in [0.2, 0.25) is 0 Å². The Kier molecular flexibility index (Phi) is 5.43. The molecule has 20 heavy (non-hydrogen) atoms. The number of benzene rings is 1. The van der Waals surface area contributed by atoms with Crippen molar-refractivity contribution in [3.05, 3.63) is 59.5 Å². The van der Waals surface area contributed by atoms with Gasteiger partial charge in [-0.3, -0.25) is 4.79 Å². The van der Waals surface area contributed by atoms with Crippen LogP contribution < -0.4 is 5.43 Å². The van der Waals surface area contributed by atoms with Gasteiger partial charge < -0.3 is 4.42 Å². The van der Waals surface area contributed by atoms with Crippen molar-refractivity contribution < 1.29 is 9.21 Å². The Hall–Kier alpha value is -2.01. The normalized spacial score (nSPS) is 10.8. The van der Waals surface area contributed by atoms with Crippen molar-refractivity contribution in [3.8, 4) is 0 Å². The number of hydrogen-bond donors (Lipinski definition) is 1. The fourth-order valence-electron chi connectivity index (χ4n) is 1.51. The topological polar surface area (TPSA) is 54.6 Å². The number of carbonyl (C=O) groups excluding carboxylic acids is 1. The van der Waals surface area contributed by atoms with Crippen LogP contribution in [0.5, 0.6) is 0 Å². The maximum absolute atomic E-state index is 11.5. The Labute approximate surface area is 122 Å². The fraction of sp³-hybridized carbons (Fsp3) is 0.200. The number of rotatable bonds is 6. The van der Waals surface area contributed by atoms with Crippen molar-refractivity contribution in [2.45, 2.75) is 12.7 Å². The Morgan fingerprint density at radius 3 is 2.85 bits per heavy atom. The lowest BCUT2D eigenvalue weighted by molar-refractivity contribution is -0.118. The number of nitrogens with one attached hydrogen (secondary N) is 1. The van der Waals surface area contributed by atoms with Gasteiger partial charge >= 0.3 is 0 Å². The Morgan fingerprint density at radius 1 is 1.35 bits per heavy atom. The molecular formula is C15H16N2O2S. The molecule has 0 aliphatic heterocycles. The molecule has 0 aliphatic rings. The summed E-state index contributed by atoms with van der Waals surface area (Å²) < 4.78 is 5.06. The number of hydrogen-bond acceptors (Lipinski definition) is 4. The van der Waals surface area contributed by atoms with Gasteiger partial charge in [0.15, 0.2) is 0 Å². The third-order valence-electron chi connectivity index (χ3n) is 2.55. The molecular weight excluding hydrogens is 272 g/mol. The molecule has 5 heteroatoms. The van der Waals surface area contributed by atoms with Crippen molar-refractivity contribution in [1.29, 1.82) is 0 Å². The molecule has 0 radical (unpaired) electrons. The minimum absolute atomic E-state index is 0.120. The molecule has 0 atom stereocenters. The van der Waals surface area contributed by atoms with Crippen LogP contribution in [0, 0.1) is 6.92 Å². The summed E-state index contributed by atoms with van der Waals surface area (Å²) in [6.07, 6.45) is 3.03. The maximum Gasteiger partial charge on any atom is 0.250 e. The van der Waals surface area contributed by atoms with Crippen molar-refractivity contribution in [2.24, 2.45) is 5.10 Å². The predicted octanol–water partition coefficient (Wildman–Crippen LogP) is 2.97. The van der Waals surface area contributed by atoms with E-state index in [9.17, 15) is 4.79 Å². The van der Waals surface area contributed by atoms with Crippen LogP contribution in [0.15, 0.2) is 52.2 Å². The van der Waals surface area contributed by atoms with Crippen LogP contribution >= 0.6 is 11.8 Å². The summed E-state index contributed by atoms with van der Waals surface area (Å²) in [5, 5.41) is 3.82. The summed E-state index contributed by atoms with van der Waals surface area (Å²) in [4.78, 5) is 11.5. The third kappa shape index (κ3) is 4.93. The largest absolute Gasteiger partial charge is 0.463 e. The van der Waals surface area contributed by atoms with Gasteiger partial charge in [-0.05, 0) is 24.6 Å². The second kappa shape index (κ2) is 7.55. The zero-order valence-corrected chi connectivity index (χ0v) is 12.0. The molecule has 2 aromatic rings. The molecule has 1 amide bonds. The van der Waals surface area contributed by atoms with Gasteiger partial charge in [0, 0.05) is 5.75 Å². The standard InChI is InChI=1S/C15H16N2O2S/c1-12-4-6-13(7-5-12)10-20-11-15(18)17-16-9-14-3-2-8-19-14/h2-9H,10-11H2,1H3,(H,17,18)/b16-9-. The predicted molar refractivity (Wildman–Crippen MR) is 81.8 cm³/mol. The number of hydrazone groups is 1. The second-order valence-corrected chi connectivity index (χ2v) is 5.27. The van der Waals surface area contributed by atoms with Crippen LogP contribution in [-0.2, 0) is 10.5 Å². The smallest absolute Gasteiger partial charge is 0.250 e. The molecule has 0 unspecified atom stereocenters. The van der Waals surface area contributed by atoms with E-state index in [1.54, 1.807) is 30.2 Å². The van der Waals surface area contributed by atoms with E-state index in [1.807, 2.05) is 0 Å². The summed E-state index contributed by atoms with van der Waals surface area (Å²) in [5.74, 6) is 1.68. The SMILES string of the molecule is Cc1ccc(CSCC(=O)N/N=C\c2ccco2)cc1. The quantitative estimate of drug-likeness (QED) is 0.657. The van der Waals surface area contributed by atoms with Gasteiger partial charge in [-0.15, -0.1) is 11.8 Å². The van der Waals surface area contributed by atoms with Gasteiger partial charge in [-0.1, -0.05) is 29.8 Å². The maximum atomic E-state index is 11.5. The number of carbonyl (C=O) groups is 1. The van der Waals surface area contributed by atoms with E-state index in [2.05, 4.69) is 41.7 Å². The highest BCUT2D eigenvalue weighted by atomic mass is 32.2. The van der Waals surface area contributed by atoms with Gasteiger partial charge in [0.1, 0.15) is 5.76 Å². The summed E-state index contributed by atoms with van der Waals surface area (Å²) >= 11 is 1.56. The first-order valence-corrected chi connectivity index (χ1v) is 7.38. The number of nitrogens with zero attached hydrogens (tertiary/aromatic N) is 1. The first-order chi connectivity index (χ1) is 9.74. The summed E-state index contributed by atoms with van der Waals surface area (Å²) in [6, 6.07) is 11.8. The lowest BCUT2D eigenvalue weighted by atomic mass is 10.2. The van der Waals surface area contributed by atoms with E-state index in [0.717, 1.165) is 5.75 Å². The lowest BCUT2D eigenvalue weighted by Crippen LogP contribution is -2.19. The van der Waals surface area contributed by atoms with Gasteiger partial charge in [0.05, 0.1) is 18.2 Å². The highest BCUT2D eigenvalue weighted by molar-refractivity contribution is 7.99. The highest BCUT2D eigenvalue weighted by Gasteiger charge is 2.00. The highest BCUT2D eigenvalue weighted by Crippen LogP contribution is 2.12. The average molecular weight is 288 g/mol. The molecule has 0 aliphatic carbocycles. The fourth-order valence-corrected chi connectivity index (χ4v) is 2.29. The molecule has 4 nitrogen and oxygen atoms in total. The van der Waals surface area contributed by atoms with Gasteiger partial charge in [0.2, 0.25) is 5.91 Å². The minimum Gasteiger partial charge on any atom is -0.463 e. The average Bonchev–Trinajstić information content (AvgIpc) is 2.94. The van der Waals surface area contributed by atoms with E-state index in [4.69, 9.17) is 4.42 Å². The van der Waals surface area contributed by atoms with E-state index in [0.29, 0.717) is 11.5 Å². The van der Waals surface area contributed by atoms with Crippen LogP contribution in [0.3, 0.4) is 0 Å². The molecule has 0 fully saturated rings. The van der Waals surface area contributed by atoms with Crippen LogP contribution in [0.1, 0.15) is 16.9 Å². The molecule has 1 aromatic heterocycles. The first kappa shape index (κ1) is 14.4. The number of aryl methyl sites for hydroxylation is 1. The molecule has 0 saturated heterocycles. The van der Waals surface area contributed by atoms with Crippen LogP contribution in [-0.4, -0.2) is 17.9 Å². The van der Waals surface area contributed by atoms with E-state index in [-0.39, 0.29) is 5.91 Å². The van der Waals surface area contributed by atoms with Crippen molar-refractivity contribution >= 4 is 23.9 Å². The Morgan fingerprint density at radius 2 is 2.15 bits per heavy atom. The first-order valence-electron chi connectivity index (χ1n) is 6.23. The number of thioether (sulfide) groups is 1. The monoisotopic (exact) mass is 288 g/mol. The van der Waals surface area contributed by atoms with E-state index >= 15 is 0 Å². The van der Waals surface area contributed by atoms with Crippen LogP contribution in [0.4, 0.5) is 0 Å². The number of furan rings is 1. The lowest BCUT2D eigenvalue weighted by Gasteiger charge is -2.02. The van der Waals surface area contributed by atoms with E-state index < -0.39 is 0 Å². The molecule has 0 spiro atoms. The number of amides is 1. The third-order valence-corrected chi connectivity index (χ3v) is 3.55. The zero-order chi connectivity index (χ0) is 14.2. The van der Waals surface area contributed by atoms with Crippen molar-refractivity contribution in [3.63, 3.8) is 0 Å². The summed E-state index contributed by atoms with van der Waals surface area (Å²) in [6.45, 7) is 2.06. The zero-order valence-electron chi connectivity index (χ0n) is 11.2. The van der Waals surface area contributed by atoms with Crippen molar-refractivity contribution in [1.82, 2.24) is 5.43 Å². The van der Waals surface area contributed by atoms with Crippen molar-refractivity contribution in [2.75, 3.05) is 5.75 Å². The Bertz CT molecular complexity index is 562. The van der Waals surface area contributed by atoms with Gasteiger partial charge in [-0.2, -0.15) is 5.10 Å². The van der Waals surface area contributed by atoms with Gasteiger partial charge in [-0.25, -0.2) is 5.43 Å². The Balaban J connectivity index is 1.66. The van der Waals surface area contributed by atoms with Gasteiger partial charge in [0.25, 0.3) is 0 Å². The molecule has 0 bridgehead atoms. The van der Waals surface area contributed by atoms with Crippen LogP contribution in [0.25, 0.3) is 0 Å². The summed E-state index contributed by atoms with van der Waals surface area (Å²) in [7, 11) is 0. The molecule has 0 saturated carbocycles. The molecule has 1 heterocycles. The van der Waals surface area contributed by atoms with E-state index in [1.165, 1.54) is 17.3 Å². The molecule has 2 rings (SSSR count). The minimum atomic E-state index is -0.120. The molecule has 104 valence electrons. The summed E-state index contributed by atoms with van der Waals surface area (Å²) in [5.41, 5.74) is 4.92. The molecule has 1 aromatic carbocycles. The molecule has 1 N–H and O–H groups in total. The second-order valence-electron chi connectivity index (χ2n) is 4.29.